The molecule has 0 atom stereocenters. The Balaban J connectivity index is 2.14. The van der Waals surface area contributed by atoms with Crippen LogP contribution in [0, 0.1) is 0 Å². The Morgan fingerprint density at radius 1 is 1.28 bits per heavy atom. The third kappa shape index (κ3) is 5.05. The minimum atomic E-state index is -2.96. The highest BCUT2D eigenvalue weighted by molar-refractivity contribution is 6.33. The van der Waals surface area contributed by atoms with Crippen molar-refractivity contribution in [2.75, 3.05) is 12.5 Å². The van der Waals surface area contributed by atoms with Crippen LogP contribution in [-0.4, -0.2) is 25.9 Å². The van der Waals surface area contributed by atoms with Crippen molar-refractivity contribution in [3.63, 3.8) is 0 Å². The zero-order valence-electron chi connectivity index (χ0n) is 12.8. The first-order valence-corrected chi connectivity index (χ1v) is 7.21. The molecule has 0 heterocycles. The number of carboxylic acid groups (broad SMARTS) is 1. The summed E-state index contributed by atoms with van der Waals surface area (Å²) in [5.74, 6) is -1.34. The van der Waals surface area contributed by atoms with Crippen molar-refractivity contribution in [1.29, 1.82) is 0 Å². The number of aromatic carboxylic acids is 1. The summed E-state index contributed by atoms with van der Waals surface area (Å²) in [6.45, 7) is -2.96. The molecule has 132 valence electrons. The second kappa shape index (κ2) is 8.29. The van der Waals surface area contributed by atoms with E-state index in [9.17, 15) is 18.7 Å². The van der Waals surface area contributed by atoms with Gasteiger partial charge in [0.1, 0.15) is 0 Å². The van der Waals surface area contributed by atoms with Gasteiger partial charge in [-0.25, -0.2) is 0 Å². The van der Waals surface area contributed by atoms with Crippen LogP contribution in [0.1, 0.15) is 15.9 Å². The molecule has 0 radical (unpaired) electrons. The number of hydrazone groups is 1. The number of hydrogen-bond acceptors (Lipinski definition) is 6. The van der Waals surface area contributed by atoms with Gasteiger partial charge in [-0.2, -0.15) is 13.9 Å². The number of nitrogens with zero attached hydrogens (tertiary/aromatic N) is 1. The van der Waals surface area contributed by atoms with Crippen molar-refractivity contribution in [2.24, 2.45) is 5.10 Å². The summed E-state index contributed by atoms with van der Waals surface area (Å²) < 4.78 is 33.9. The van der Waals surface area contributed by atoms with E-state index in [2.05, 4.69) is 15.3 Å². The minimum absolute atomic E-state index is 0.0581. The van der Waals surface area contributed by atoms with E-state index in [1.807, 2.05) is 0 Å². The maximum Gasteiger partial charge on any atom is 0.387 e. The number of nitrogens with one attached hydrogen (secondary N) is 1. The van der Waals surface area contributed by atoms with Gasteiger partial charge >= 0.3 is 6.61 Å². The molecule has 0 spiro atoms. The number of rotatable bonds is 7. The highest BCUT2D eigenvalue weighted by atomic mass is 35.5. The van der Waals surface area contributed by atoms with Crippen LogP contribution in [0.25, 0.3) is 0 Å². The molecule has 2 aromatic rings. The number of hydrogen-bond donors (Lipinski definition) is 1. The second-order valence-electron chi connectivity index (χ2n) is 4.64. The first-order chi connectivity index (χ1) is 11.9. The van der Waals surface area contributed by atoms with Crippen molar-refractivity contribution in [1.82, 2.24) is 0 Å². The SMILES string of the molecule is COc1cc(/C=N\Nc2cc(C(=O)[O-])ccc2Cl)ccc1OC(F)F. The van der Waals surface area contributed by atoms with E-state index in [-0.39, 0.29) is 27.8 Å². The van der Waals surface area contributed by atoms with Crippen molar-refractivity contribution >= 4 is 29.5 Å². The highest BCUT2D eigenvalue weighted by Gasteiger charge is 2.10. The van der Waals surface area contributed by atoms with Gasteiger partial charge in [-0.15, -0.1) is 0 Å². The molecular formula is C16H12ClF2N2O4-. The molecule has 2 aromatic carbocycles. The Hall–Kier alpha value is -2.87. The molecule has 0 amide bonds. The maximum absolute atomic E-state index is 12.3. The molecule has 0 aliphatic carbocycles. The topological polar surface area (TPSA) is 83.0 Å². The van der Waals surface area contributed by atoms with Crippen molar-refractivity contribution in [2.45, 2.75) is 6.61 Å². The average molecular weight is 370 g/mol. The molecule has 0 saturated heterocycles. The molecule has 25 heavy (non-hydrogen) atoms. The molecule has 0 aliphatic rings. The van der Waals surface area contributed by atoms with Crippen LogP contribution >= 0.6 is 11.6 Å². The maximum atomic E-state index is 12.3. The Bertz CT molecular complexity index is 800. The molecule has 0 aliphatic heterocycles. The second-order valence-corrected chi connectivity index (χ2v) is 5.05. The lowest BCUT2D eigenvalue weighted by Crippen LogP contribution is -2.22. The lowest BCUT2D eigenvalue weighted by atomic mass is 10.2. The predicted octanol–water partition coefficient (Wildman–Crippen LogP) is 2.76. The monoisotopic (exact) mass is 369 g/mol. The van der Waals surface area contributed by atoms with Crippen LogP contribution < -0.4 is 20.0 Å². The van der Waals surface area contributed by atoms with Gasteiger partial charge < -0.3 is 19.4 Å². The Kier molecular flexibility index (Phi) is 6.13. The van der Waals surface area contributed by atoms with Gasteiger partial charge in [0.25, 0.3) is 0 Å². The number of ether oxygens (including phenoxy) is 2. The highest BCUT2D eigenvalue weighted by Crippen LogP contribution is 2.29. The van der Waals surface area contributed by atoms with Crippen LogP contribution in [-0.2, 0) is 0 Å². The lowest BCUT2D eigenvalue weighted by Gasteiger charge is -2.10. The summed E-state index contributed by atoms with van der Waals surface area (Å²) in [6, 6.07) is 8.22. The van der Waals surface area contributed by atoms with E-state index in [1.54, 1.807) is 0 Å². The van der Waals surface area contributed by atoms with Gasteiger partial charge in [-0.3, -0.25) is 5.43 Å². The fourth-order valence-corrected chi connectivity index (χ4v) is 2.03. The minimum Gasteiger partial charge on any atom is -0.545 e. The molecular weight excluding hydrogens is 358 g/mol. The molecule has 0 unspecified atom stereocenters. The Labute approximate surface area is 146 Å². The number of carbonyl (C=O) groups is 1. The summed E-state index contributed by atoms with van der Waals surface area (Å²) in [4.78, 5) is 10.8. The number of halogens is 3. The zero-order chi connectivity index (χ0) is 18.4. The summed E-state index contributed by atoms with van der Waals surface area (Å²) in [5.41, 5.74) is 3.33. The average Bonchev–Trinajstić information content (AvgIpc) is 2.57. The smallest absolute Gasteiger partial charge is 0.387 e. The summed E-state index contributed by atoms with van der Waals surface area (Å²) in [7, 11) is 1.32. The summed E-state index contributed by atoms with van der Waals surface area (Å²) in [5, 5.41) is 15.0. The number of methoxy groups -OCH3 is 1. The van der Waals surface area contributed by atoms with Gasteiger partial charge in [-0.1, -0.05) is 17.7 Å². The van der Waals surface area contributed by atoms with Crippen LogP contribution in [0.5, 0.6) is 11.5 Å². The zero-order valence-corrected chi connectivity index (χ0v) is 13.6. The number of carbonyl (C=O) groups excluding carboxylic acids is 1. The largest absolute Gasteiger partial charge is 0.545 e. The number of benzene rings is 2. The molecule has 0 saturated carbocycles. The molecule has 1 N–H and O–H groups in total. The van der Waals surface area contributed by atoms with Gasteiger partial charge in [0.2, 0.25) is 0 Å². The first-order valence-electron chi connectivity index (χ1n) is 6.83. The number of anilines is 1. The standard InChI is InChI=1S/C16H13ClF2N2O4/c1-24-14-6-9(2-5-13(14)25-16(18)19)8-20-21-12-7-10(15(22)23)3-4-11(12)17/h2-8,16,21H,1H3,(H,22,23)/p-1/b20-8-. The van der Waals surface area contributed by atoms with Gasteiger partial charge in [-0.05, 0) is 41.5 Å². The molecule has 6 nitrogen and oxygen atoms in total. The van der Waals surface area contributed by atoms with E-state index in [1.165, 1.54) is 49.7 Å². The van der Waals surface area contributed by atoms with Gasteiger partial charge in [0.05, 0.1) is 30.0 Å². The van der Waals surface area contributed by atoms with Crippen molar-refractivity contribution in [3.8, 4) is 11.5 Å². The van der Waals surface area contributed by atoms with Gasteiger partial charge in [0, 0.05) is 0 Å². The number of alkyl halides is 2. The van der Waals surface area contributed by atoms with Crippen molar-refractivity contribution in [3.05, 3.63) is 52.5 Å². The van der Waals surface area contributed by atoms with E-state index in [0.717, 1.165) is 0 Å². The van der Waals surface area contributed by atoms with E-state index < -0.39 is 12.6 Å². The summed E-state index contributed by atoms with van der Waals surface area (Å²) >= 11 is 5.94. The lowest BCUT2D eigenvalue weighted by molar-refractivity contribution is -0.255. The van der Waals surface area contributed by atoms with E-state index in [0.29, 0.717) is 5.56 Å². The first kappa shape index (κ1) is 18.5. The van der Waals surface area contributed by atoms with Crippen LogP contribution in [0.15, 0.2) is 41.5 Å². The third-order valence-electron chi connectivity index (χ3n) is 3.00. The molecule has 9 heteroatoms. The van der Waals surface area contributed by atoms with E-state index >= 15 is 0 Å². The number of carboxylic acids is 1. The Morgan fingerprint density at radius 2 is 2.04 bits per heavy atom. The molecule has 2 rings (SSSR count). The fourth-order valence-electron chi connectivity index (χ4n) is 1.87. The molecule has 0 aromatic heterocycles. The van der Waals surface area contributed by atoms with Crippen molar-refractivity contribution < 1.29 is 28.2 Å². The van der Waals surface area contributed by atoms with Crippen LogP contribution in [0.2, 0.25) is 5.02 Å². The van der Waals surface area contributed by atoms with Gasteiger partial charge in [0.15, 0.2) is 11.5 Å². The quantitative estimate of drug-likeness (QED) is 0.599. The third-order valence-corrected chi connectivity index (χ3v) is 3.33. The van der Waals surface area contributed by atoms with E-state index in [4.69, 9.17) is 16.3 Å². The van der Waals surface area contributed by atoms with Crippen LogP contribution in [0.4, 0.5) is 14.5 Å². The van der Waals surface area contributed by atoms with Crippen LogP contribution in [0.3, 0.4) is 0 Å². The Morgan fingerprint density at radius 3 is 2.68 bits per heavy atom. The molecule has 0 fully saturated rings. The normalized spacial score (nSPS) is 10.9. The summed E-state index contributed by atoms with van der Waals surface area (Å²) in [6.07, 6.45) is 1.37. The fraction of sp³-hybridized carbons (Fsp3) is 0.125. The molecule has 0 bridgehead atoms. The predicted molar refractivity (Wildman–Crippen MR) is 86.6 cm³/mol.